The van der Waals surface area contributed by atoms with Crippen LogP contribution < -0.4 is 5.32 Å². The Morgan fingerprint density at radius 1 is 1.22 bits per heavy atom. The maximum absolute atomic E-state index is 12.8. The van der Waals surface area contributed by atoms with Crippen LogP contribution in [0.1, 0.15) is 38.4 Å². The van der Waals surface area contributed by atoms with E-state index in [0.717, 1.165) is 72.4 Å². The molecule has 1 aliphatic heterocycles. The van der Waals surface area contributed by atoms with E-state index in [-0.39, 0.29) is 11.5 Å². The van der Waals surface area contributed by atoms with Gasteiger partial charge in [-0.05, 0) is 44.7 Å². The first-order chi connectivity index (χ1) is 15.5. The van der Waals surface area contributed by atoms with Gasteiger partial charge in [-0.3, -0.25) is 9.20 Å². The third-order valence-electron chi connectivity index (χ3n) is 6.95. The number of fused-ring (bicyclic) bond motifs is 2. The van der Waals surface area contributed by atoms with Crippen molar-refractivity contribution in [2.24, 2.45) is 5.41 Å². The van der Waals surface area contributed by atoms with E-state index in [0.29, 0.717) is 11.9 Å². The van der Waals surface area contributed by atoms with Gasteiger partial charge in [0.05, 0.1) is 5.41 Å². The molecule has 0 radical (unpaired) electrons. The quantitative estimate of drug-likeness (QED) is 0.515. The Morgan fingerprint density at radius 2 is 2.03 bits per heavy atom. The summed E-state index contributed by atoms with van der Waals surface area (Å²) in [7, 11) is 0. The van der Waals surface area contributed by atoms with Crippen molar-refractivity contribution in [3.63, 3.8) is 0 Å². The van der Waals surface area contributed by atoms with Gasteiger partial charge in [0.2, 0.25) is 11.9 Å². The third kappa shape index (κ3) is 3.03. The molecule has 2 fully saturated rings. The Balaban J connectivity index is 1.19. The first-order valence-corrected chi connectivity index (χ1v) is 11.2. The fraction of sp³-hybridized carbons (Fsp3) is 0.435. The normalized spacial score (nSPS) is 23.1. The molecule has 9 nitrogen and oxygen atoms in total. The standard InChI is InChI=1S/C23H26N8O/c1-14-28-29-19-6-5-15(13-31(14)19)17-11-24-20-18(17)12-25-22(27-20)26-16-9-23(2,10-16)21(32)30-7-3-4-8-30/h5-6,11-13,16H,3-4,7-10H2,1-2H3,(H2,24,25,26,27). The first kappa shape index (κ1) is 19.2. The number of hydrogen-bond acceptors (Lipinski definition) is 6. The second kappa shape index (κ2) is 7.01. The molecule has 1 saturated heterocycles. The van der Waals surface area contributed by atoms with Crippen LogP contribution in [0.5, 0.6) is 0 Å². The van der Waals surface area contributed by atoms with Crippen molar-refractivity contribution < 1.29 is 4.79 Å². The molecule has 5 heterocycles. The number of amides is 1. The maximum Gasteiger partial charge on any atom is 0.228 e. The largest absolute Gasteiger partial charge is 0.351 e. The second-order valence-electron chi connectivity index (χ2n) is 9.36. The average Bonchev–Trinajstić information content (AvgIpc) is 3.52. The highest BCUT2D eigenvalue weighted by Crippen LogP contribution is 2.44. The monoisotopic (exact) mass is 430 g/mol. The number of aromatic amines is 1. The predicted octanol–water partition coefficient (Wildman–Crippen LogP) is 3.18. The van der Waals surface area contributed by atoms with Gasteiger partial charge < -0.3 is 15.2 Å². The average molecular weight is 431 g/mol. The zero-order chi connectivity index (χ0) is 21.9. The Labute approximate surface area is 185 Å². The molecular formula is C23H26N8O. The van der Waals surface area contributed by atoms with E-state index < -0.39 is 0 Å². The summed E-state index contributed by atoms with van der Waals surface area (Å²) in [6.07, 6.45) is 9.73. The molecule has 1 saturated carbocycles. The molecule has 4 aromatic rings. The molecule has 0 bridgehead atoms. The van der Waals surface area contributed by atoms with E-state index in [1.54, 1.807) is 0 Å². The van der Waals surface area contributed by atoms with Crippen LogP contribution >= 0.6 is 0 Å². The van der Waals surface area contributed by atoms with Gasteiger partial charge in [0.1, 0.15) is 11.5 Å². The Kier molecular flexibility index (Phi) is 4.21. The van der Waals surface area contributed by atoms with Crippen molar-refractivity contribution in [3.05, 3.63) is 36.5 Å². The minimum Gasteiger partial charge on any atom is -0.351 e. The number of carbonyl (C=O) groups is 1. The van der Waals surface area contributed by atoms with E-state index in [1.807, 2.05) is 46.9 Å². The van der Waals surface area contributed by atoms with Gasteiger partial charge in [-0.15, -0.1) is 10.2 Å². The molecule has 6 rings (SSSR count). The lowest BCUT2D eigenvalue weighted by Gasteiger charge is -2.45. The number of nitrogens with one attached hydrogen (secondary N) is 2. The van der Waals surface area contributed by atoms with Crippen molar-refractivity contribution in [2.75, 3.05) is 18.4 Å². The first-order valence-electron chi connectivity index (χ1n) is 11.2. The number of aryl methyl sites for hydroxylation is 1. The molecule has 0 atom stereocenters. The molecule has 164 valence electrons. The number of aromatic nitrogens is 6. The lowest BCUT2D eigenvalue weighted by Crippen LogP contribution is -2.53. The molecule has 1 amide bonds. The highest BCUT2D eigenvalue weighted by Gasteiger charge is 2.48. The molecule has 2 N–H and O–H groups in total. The van der Waals surface area contributed by atoms with Crippen LogP contribution in [0.15, 0.2) is 30.7 Å². The highest BCUT2D eigenvalue weighted by molar-refractivity contribution is 5.93. The van der Waals surface area contributed by atoms with Gasteiger partial charge in [0.15, 0.2) is 5.65 Å². The van der Waals surface area contributed by atoms with Gasteiger partial charge in [0, 0.05) is 54.2 Å². The minimum atomic E-state index is -0.259. The molecule has 32 heavy (non-hydrogen) atoms. The Bertz CT molecular complexity index is 1330. The van der Waals surface area contributed by atoms with Gasteiger partial charge in [-0.1, -0.05) is 6.92 Å². The predicted molar refractivity (Wildman–Crippen MR) is 121 cm³/mol. The van der Waals surface area contributed by atoms with Crippen molar-refractivity contribution >= 4 is 28.5 Å². The number of anilines is 1. The number of carbonyl (C=O) groups excluding carboxylic acids is 1. The number of likely N-dealkylation sites (tertiary alicyclic amines) is 1. The summed E-state index contributed by atoms with van der Waals surface area (Å²) in [4.78, 5) is 27.3. The zero-order valence-corrected chi connectivity index (χ0v) is 18.3. The van der Waals surface area contributed by atoms with Crippen LogP contribution in [0.2, 0.25) is 0 Å². The van der Waals surface area contributed by atoms with E-state index in [2.05, 4.69) is 37.4 Å². The van der Waals surface area contributed by atoms with Gasteiger partial charge in [-0.2, -0.15) is 4.98 Å². The van der Waals surface area contributed by atoms with E-state index in [4.69, 9.17) is 0 Å². The molecule has 4 aromatic heterocycles. The summed E-state index contributed by atoms with van der Waals surface area (Å²) < 4.78 is 1.97. The van der Waals surface area contributed by atoms with E-state index >= 15 is 0 Å². The second-order valence-corrected chi connectivity index (χ2v) is 9.36. The summed E-state index contributed by atoms with van der Waals surface area (Å²) in [5.41, 5.74) is 3.43. The number of hydrogen-bond donors (Lipinski definition) is 2. The molecule has 1 aliphatic carbocycles. The van der Waals surface area contributed by atoms with Crippen LogP contribution in [0.25, 0.3) is 27.8 Å². The van der Waals surface area contributed by atoms with Crippen LogP contribution in [0, 0.1) is 12.3 Å². The Hall–Kier alpha value is -3.49. The molecule has 0 unspecified atom stereocenters. The summed E-state index contributed by atoms with van der Waals surface area (Å²) >= 11 is 0. The molecular weight excluding hydrogens is 404 g/mol. The third-order valence-corrected chi connectivity index (χ3v) is 6.95. The van der Waals surface area contributed by atoms with Crippen LogP contribution in [-0.4, -0.2) is 59.5 Å². The van der Waals surface area contributed by atoms with Gasteiger partial charge >= 0.3 is 0 Å². The number of pyridine rings is 1. The van der Waals surface area contributed by atoms with Crippen molar-refractivity contribution in [1.29, 1.82) is 0 Å². The van der Waals surface area contributed by atoms with Crippen molar-refractivity contribution in [3.8, 4) is 11.1 Å². The number of H-pyrrole nitrogens is 1. The number of nitrogens with zero attached hydrogens (tertiary/aromatic N) is 6. The lowest BCUT2D eigenvalue weighted by molar-refractivity contribution is -0.145. The highest BCUT2D eigenvalue weighted by atomic mass is 16.2. The summed E-state index contributed by atoms with van der Waals surface area (Å²) in [5, 5.41) is 12.6. The molecule has 9 heteroatoms. The van der Waals surface area contributed by atoms with Crippen molar-refractivity contribution in [1.82, 2.24) is 34.4 Å². The Morgan fingerprint density at radius 3 is 2.84 bits per heavy atom. The fourth-order valence-electron chi connectivity index (χ4n) is 5.17. The van der Waals surface area contributed by atoms with Crippen LogP contribution in [0.4, 0.5) is 5.95 Å². The molecule has 0 aromatic carbocycles. The van der Waals surface area contributed by atoms with Gasteiger partial charge in [-0.25, -0.2) is 4.98 Å². The number of rotatable bonds is 4. The minimum absolute atomic E-state index is 0.220. The summed E-state index contributed by atoms with van der Waals surface area (Å²) in [5.74, 6) is 1.75. The molecule has 2 aliphatic rings. The van der Waals surface area contributed by atoms with Crippen LogP contribution in [-0.2, 0) is 4.79 Å². The fourth-order valence-corrected chi connectivity index (χ4v) is 5.17. The SMILES string of the molecule is Cc1nnc2ccc(-c3c[nH]c4nc(NC5CC(C)(C(=O)N6CCCC6)C5)ncc34)cn12. The van der Waals surface area contributed by atoms with Crippen LogP contribution in [0.3, 0.4) is 0 Å². The lowest BCUT2D eigenvalue weighted by atomic mass is 9.66. The summed E-state index contributed by atoms with van der Waals surface area (Å²) in [6.45, 7) is 5.84. The molecule has 0 spiro atoms. The smallest absolute Gasteiger partial charge is 0.228 e. The topological polar surface area (TPSA) is 104 Å². The van der Waals surface area contributed by atoms with E-state index in [1.165, 1.54) is 0 Å². The maximum atomic E-state index is 12.8. The van der Waals surface area contributed by atoms with E-state index in [9.17, 15) is 4.79 Å². The van der Waals surface area contributed by atoms with Gasteiger partial charge in [0.25, 0.3) is 0 Å². The summed E-state index contributed by atoms with van der Waals surface area (Å²) in [6, 6.07) is 4.21. The zero-order valence-electron chi connectivity index (χ0n) is 18.3. The van der Waals surface area contributed by atoms with Crippen molar-refractivity contribution in [2.45, 2.75) is 45.6 Å².